The van der Waals surface area contributed by atoms with Crippen LogP contribution < -0.4 is 5.32 Å². The lowest BCUT2D eigenvalue weighted by Gasteiger charge is -2.21. The Morgan fingerprint density at radius 2 is 2.00 bits per heavy atom. The van der Waals surface area contributed by atoms with Gasteiger partial charge in [0.1, 0.15) is 0 Å². The summed E-state index contributed by atoms with van der Waals surface area (Å²) in [5, 5.41) is 3.47. The maximum atomic E-state index is 3.75. The first-order valence-electron chi connectivity index (χ1n) is 7.96. The van der Waals surface area contributed by atoms with Gasteiger partial charge < -0.3 is 10.2 Å². The predicted molar refractivity (Wildman–Crippen MR) is 93.5 cm³/mol. The topological polar surface area (TPSA) is 18.5 Å². The smallest absolute Gasteiger partial charge is 0.0245 e. The zero-order chi connectivity index (χ0) is 15.2. The third-order valence-corrected chi connectivity index (χ3v) is 4.78. The Morgan fingerprint density at radius 3 is 2.71 bits per heavy atom. The Hall–Kier alpha value is -0.420. The van der Waals surface area contributed by atoms with Crippen LogP contribution in [0.15, 0.2) is 22.7 Å². The fourth-order valence-electron chi connectivity index (χ4n) is 2.65. The second-order valence-electron chi connectivity index (χ2n) is 6.39. The molecule has 3 nitrogen and oxygen atoms in total. The zero-order valence-electron chi connectivity index (χ0n) is 13.5. The van der Waals surface area contributed by atoms with Gasteiger partial charge in [-0.1, -0.05) is 41.9 Å². The van der Waals surface area contributed by atoms with E-state index in [9.17, 15) is 0 Å². The molecule has 1 aromatic rings. The standard InChI is InChI=1S/C17H28BrN3/c1-14(2)19-12-15-5-6-16(17(18)11-15)13-21-8-4-7-20(3)9-10-21/h5-6,11,14,19H,4,7-10,12-13H2,1-3H3. The lowest BCUT2D eigenvalue weighted by Crippen LogP contribution is -2.28. The summed E-state index contributed by atoms with van der Waals surface area (Å²) in [5.74, 6) is 0. The van der Waals surface area contributed by atoms with Gasteiger partial charge in [0.05, 0.1) is 0 Å². The summed E-state index contributed by atoms with van der Waals surface area (Å²) in [6.45, 7) is 11.1. The van der Waals surface area contributed by atoms with Gasteiger partial charge in [-0.05, 0) is 43.8 Å². The molecule has 21 heavy (non-hydrogen) atoms. The van der Waals surface area contributed by atoms with Gasteiger partial charge in [-0.25, -0.2) is 0 Å². The molecule has 0 spiro atoms. The van der Waals surface area contributed by atoms with Crippen molar-refractivity contribution in [3.8, 4) is 0 Å². The van der Waals surface area contributed by atoms with E-state index in [4.69, 9.17) is 0 Å². The summed E-state index contributed by atoms with van der Waals surface area (Å²) < 4.78 is 1.24. The molecule has 0 amide bonds. The summed E-state index contributed by atoms with van der Waals surface area (Å²) in [4.78, 5) is 4.99. The highest BCUT2D eigenvalue weighted by molar-refractivity contribution is 9.10. The van der Waals surface area contributed by atoms with Gasteiger partial charge in [0.2, 0.25) is 0 Å². The highest BCUT2D eigenvalue weighted by Gasteiger charge is 2.13. The first-order valence-corrected chi connectivity index (χ1v) is 8.75. The van der Waals surface area contributed by atoms with Gasteiger partial charge >= 0.3 is 0 Å². The molecule has 1 heterocycles. The molecule has 1 aliphatic heterocycles. The van der Waals surface area contributed by atoms with Crippen LogP contribution in [0.3, 0.4) is 0 Å². The van der Waals surface area contributed by atoms with Crippen molar-refractivity contribution in [1.29, 1.82) is 0 Å². The molecule has 0 radical (unpaired) electrons. The van der Waals surface area contributed by atoms with Gasteiger partial charge in [0, 0.05) is 36.7 Å². The minimum atomic E-state index is 0.526. The maximum absolute atomic E-state index is 3.75. The first kappa shape index (κ1) is 16.9. The molecule has 1 fully saturated rings. The largest absolute Gasteiger partial charge is 0.310 e. The summed E-state index contributed by atoms with van der Waals surface area (Å²) in [6.07, 6.45) is 1.27. The van der Waals surface area contributed by atoms with E-state index in [1.807, 2.05) is 0 Å². The van der Waals surface area contributed by atoms with E-state index < -0.39 is 0 Å². The van der Waals surface area contributed by atoms with Crippen molar-refractivity contribution in [3.05, 3.63) is 33.8 Å². The summed E-state index contributed by atoms with van der Waals surface area (Å²) in [7, 11) is 2.22. The molecule has 118 valence electrons. The fraction of sp³-hybridized carbons (Fsp3) is 0.647. The molecule has 0 bridgehead atoms. The molecule has 1 aliphatic rings. The van der Waals surface area contributed by atoms with Crippen molar-refractivity contribution in [2.75, 3.05) is 33.2 Å². The normalized spacial score (nSPS) is 18.1. The zero-order valence-corrected chi connectivity index (χ0v) is 15.1. The van der Waals surface area contributed by atoms with Crippen molar-refractivity contribution < 1.29 is 0 Å². The Kier molecular flexibility index (Phi) is 6.68. The molecule has 0 aromatic heterocycles. The van der Waals surface area contributed by atoms with Crippen LogP contribution in [0.5, 0.6) is 0 Å². The van der Waals surface area contributed by atoms with E-state index in [0.717, 1.165) is 13.1 Å². The first-order chi connectivity index (χ1) is 10.0. The number of likely N-dealkylation sites (N-methyl/N-ethyl adjacent to an activating group) is 1. The van der Waals surface area contributed by atoms with Gasteiger partial charge in [-0.15, -0.1) is 0 Å². The molecule has 2 rings (SSSR count). The number of benzene rings is 1. The van der Waals surface area contributed by atoms with Crippen molar-refractivity contribution >= 4 is 15.9 Å². The number of nitrogens with one attached hydrogen (secondary N) is 1. The van der Waals surface area contributed by atoms with Gasteiger partial charge in [-0.3, -0.25) is 4.90 Å². The summed E-state index contributed by atoms with van der Waals surface area (Å²) in [6, 6.07) is 7.31. The van der Waals surface area contributed by atoms with Crippen LogP contribution in [0.25, 0.3) is 0 Å². The highest BCUT2D eigenvalue weighted by Crippen LogP contribution is 2.21. The minimum absolute atomic E-state index is 0.526. The number of hydrogen-bond donors (Lipinski definition) is 1. The van der Waals surface area contributed by atoms with E-state index in [0.29, 0.717) is 6.04 Å². The lowest BCUT2D eigenvalue weighted by atomic mass is 10.1. The molecule has 0 unspecified atom stereocenters. The second kappa shape index (κ2) is 8.28. The fourth-order valence-corrected chi connectivity index (χ4v) is 3.20. The predicted octanol–water partition coefficient (Wildman–Crippen LogP) is 3.08. The van der Waals surface area contributed by atoms with E-state index in [-0.39, 0.29) is 0 Å². The molecule has 1 saturated heterocycles. The van der Waals surface area contributed by atoms with Crippen molar-refractivity contribution in [3.63, 3.8) is 0 Å². The molecular formula is C17H28BrN3. The van der Waals surface area contributed by atoms with Crippen molar-refractivity contribution in [2.45, 2.75) is 39.4 Å². The van der Waals surface area contributed by atoms with Crippen LogP contribution in [-0.4, -0.2) is 49.1 Å². The van der Waals surface area contributed by atoms with Crippen molar-refractivity contribution in [2.24, 2.45) is 0 Å². The minimum Gasteiger partial charge on any atom is -0.310 e. The van der Waals surface area contributed by atoms with Crippen LogP contribution in [0.4, 0.5) is 0 Å². The Bertz CT molecular complexity index is 448. The summed E-state index contributed by atoms with van der Waals surface area (Å²) >= 11 is 3.75. The van der Waals surface area contributed by atoms with E-state index in [1.165, 1.54) is 48.2 Å². The van der Waals surface area contributed by atoms with Gasteiger partial charge in [0.25, 0.3) is 0 Å². The number of hydrogen-bond acceptors (Lipinski definition) is 3. The Balaban J connectivity index is 1.94. The molecule has 4 heteroatoms. The summed E-state index contributed by atoms with van der Waals surface area (Å²) in [5.41, 5.74) is 2.74. The number of halogens is 1. The van der Waals surface area contributed by atoms with Gasteiger partial charge in [0.15, 0.2) is 0 Å². The SMILES string of the molecule is CC(C)NCc1ccc(CN2CCCN(C)CC2)c(Br)c1. The molecule has 0 aliphatic carbocycles. The quantitative estimate of drug-likeness (QED) is 0.877. The third-order valence-electron chi connectivity index (χ3n) is 4.04. The molecule has 0 atom stereocenters. The average molecular weight is 354 g/mol. The van der Waals surface area contributed by atoms with Crippen LogP contribution in [0, 0.1) is 0 Å². The second-order valence-corrected chi connectivity index (χ2v) is 7.25. The monoisotopic (exact) mass is 353 g/mol. The van der Waals surface area contributed by atoms with Gasteiger partial charge in [-0.2, -0.15) is 0 Å². The number of rotatable bonds is 5. The van der Waals surface area contributed by atoms with Crippen LogP contribution in [0.1, 0.15) is 31.4 Å². The highest BCUT2D eigenvalue weighted by atomic mass is 79.9. The Labute approximate surface area is 137 Å². The maximum Gasteiger partial charge on any atom is 0.0245 e. The van der Waals surface area contributed by atoms with E-state index >= 15 is 0 Å². The lowest BCUT2D eigenvalue weighted by molar-refractivity contribution is 0.269. The van der Waals surface area contributed by atoms with Crippen LogP contribution >= 0.6 is 15.9 Å². The third kappa shape index (κ3) is 5.70. The molecule has 0 saturated carbocycles. The van der Waals surface area contributed by atoms with E-state index in [2.05, 4.69) is 70.1 Å². The number of nitrogens with zero attached hydrogens (tertiary/aromatic N) is 2. The van der Waals surface area contributed by atoms with Crippen LogP contribution in [0.2, 0.25) is 0 Å². The van der Waals surface area contributed by atoms with Crippen molar-refractivity contribution in [1.82, 2.24) is 15.1 Å². The average Bonchev–Trinajstić information content (AvgIpc) is 2.64. The molecule has 1 aromatic carbocycles. The van der Waals surface area contributed by atoms with E-state index in [1.54, 1.807) is 0 Å². The Morgan fingerprint density at radius 1 is 1.19 bits per heavy atom. The molecular weight excluding hydrogens is 326 g/mol. The molecule has 1 N–H and O–H groups in total. The van der Waals surface area contributed by atoms with Crippen LogP contribution in [-0.2, 0) is 13.1 Å².